The van der Waals surface area contributed by atoms with Gasteiger partial charge in [-0.1, -0.05) is 14.0 Å². The number of carbonyl (C=O) groups is 2. The van der Waals surface area contributed by atoms with Gasteiger partial charge in [0.15, 0.2) is 0 Å². The summed E-state index contributed by atoms with van der Waals surface area (Å²) in [6.07, 6.45) is 6.07. The van der Waals surface area contributed by atoms with E-state index < -0.39 is 5.97 Å². The van der Waals surface area contributed by atoms with E-state index in [4.69, 9.17) is 25.7 Å². The monoisotopic (exact) mass is 764 g/mol. The predicted octanol–water partition coefficient (Wildman–Crippen LogP) is 4.11. The van der Waals surface area contributed by atoms with E-state index in [1.165, 1.54) is 6.08 Å². The Bertz CT molecular complexity index is 1260. The normalized spacial score (nSPS) is 16.5. The Balaban J connectivity index is 0.000000707. The van der Waals surface area contributed by atoms with Crippen molar-refractivity contribution < 1.29 is 28.5 Å². The van der Waals surface area contributed by atoms with E-state index in [9.17, 15) is 9.59 Å². The Morgan fingerprint density at radius 1 is 0.911 bits per heavy atom. The van der Waals surface area contributed by atoms with Crippen LogP contribution in [0.2, 0.25) is 0 Å². The molecule has 14 nitrogen and oxygen atoms in total. The molecular weight excluding hydrogens is 719 g/mol. The van der Waals surface area contributed by atoms with Crippen LogP contribution >= 0.6 is 35.0 Å². The average Bonchev–Trinajstić information content (AvgIpc) is 3.67. The number of carbonyl (C=O) groups excluding carboxylic acids is 2. The van der Waals surface area contributed by atoms with Crippen LogP contribution in [0.25, 0.3) is 6.08 Å². The lowest BCUT2D eigenvalue weighted by Gasteiger charge is -2.15. The first kappa shape index (κ1) is 41.7. The summed E-state index contributed by atoms with van der Waals surface area (Å²) in [6.45, 7) is 14.1. The van der Waals surface area contributed by atoms with Crippen molar-refractivity contribution in [3.8, 4) is 0 Å². The second-order valence-electron chi connectivity index (χ2n) is 9.21. The van der Waals surface area contributed by atoms with Gasteiger partial charge in [0.1, 0.15) is 11.6 Å². The number of rotatable bonds is 9. The Morgan fingerprint density at radius 2 is 1.40 bits per heavy atom. The molecule has 4 rings (SSSR count). The topological polar surface area (TPSA) is 199 Å². The number of ether oxygens (including phenoxy) is 4. The molecule has 2 aliphatic heterocycles. The lowest BCUT2D eigenvalue weighted by atomic mass is 10.1. The maximum Gasteiger partial charge on any atom is 0.330 e. The number of nitrogens with two attached hydrogens (primary N) is 2. The van der Waals surface area contributed by atoms with Gasteiger partial charge in [-0.15, -0.1) is 12.4 Å². The van der Waals surface area contributed by atoms with Gasteiger partial charge in [-0.3, -0.25) is 0 Å². The number of nitrogens with one attached hydrogen (secondary N) is 2. The molecule has 2 fully saturated rings. The molecule has 2 aromatic heterocycles. The molecule has 2 saturated heterocycles. The van der Waals surface area contributed by atoms with E-state index in [1.54, 1.807) is 19.9 Å². The number of aryl methyl sites for hydroxylation is 2. The molecule has 252 valence electrons. The zero-order chi connectivity index (χ0) is 31.8. The van der Waals surface area contributed by atoms with Gasteiger partial charge in [0.05, 0.1) is 53.5 Å². The van der Waals surface area contributed by atoms with E-state index in [-0.39, 0.29) is 37.8 Å². The standard InChI is InChI=1S/C14H20N4O3.C9H13IN4O.C5H8O2.CH4.ClH/c1-3-21-12(19)5-4-11-9(2)16-14(15)18-13(11)17-10-6-7-20-8-10;1-5-7(10)8(14-9(11)12-5)13-6-2-3-15-4-6;1-3-5(6)7-4-2;;/h4-5,10H,3,6-8H2,1-2H3,(H3,15,16,17,18);6H,2-4H2,1H3,(H3,11,12,13,14);3H,1,4H2,2H3;1H4;1H/b5-4+;;;;. The minimum atomic E-state index is -0.399. The predicted molar refractivity (Wildman–Crippen MR) is 187 cm³/mol. The molecule has 0 saturated carbocycles. The fourth-order valence-corrected chi connectivity index (χ4v) is 4.21. The zero-order valence-electron chi connectivity index (χ0n) is 25.4. The van der Waals surface area contributed by atoms with Crippen molar-refractivity contribution in [1.82, 2.24) is 19.9 Å². The van der Waals surface area contributed by atoms with Gasteiger partial charge < -0.3 is 41.0 Å². The third-order valence-electron chi connectivity index (χ3n) is 5.85. The van der Waals surface area contributed by atoms with E-state index in [2.05, 4.69) is 64.5 Å². The number of nitrogen functional groups attached to an aromatic ring is 2. The quantitative estimate of drug-likeness (QED) is 0.162. The van der Waals surface area contributed by atoms with Crippen LogP contribution < -0.4 is 22.1 Å². The molecule has 0 aromatic carbocycles. The summed E-state index contributed by atoms with van der Waals surface area (Å²) in [4.78, 5) is 38.1. The number of hydrogen-bond donors (Lipinski definition) is 4. The first-order valence-electron chi connectivity index (χ1n) is 13.8. The molecule has 4 heterocycles. The summed E-state index contributed by atoms with van der Waals surface area (Å²) < 4.78 is 20.9. The van der Waals surface area contributed by atoms with E-state index in [1.807, 2.05) is 13.8 Å². The van der Waals surface area contributed by atoms with Gasteiger partial charge in [0, 0.05) is 30.9 Å². The summed E-state index contributed by atoms with van der Waals surface area (Å²) in [6, 6.07) is 0.528. The Kier molecular flexibility index (Phi) is 20.6. The molecule has 2 unspecified atom stereocenters. The Morgan fingerprint density at radius 3 is 1.87 bits per heavy atom. The fraction of sp³-hybridized carbons (Fsp3) is 0.517. The van der Waals surface area contributed by atoms with Gasteiger partial charge in [-0.2, -0.15) is 9.97 Å². The molecule has 2 aliphatic rings. The number of nitrogens with zero attached hydrogens (tertiary/aromatic N) is 4. The maximum atomic E-state index is 11.4. The fourth-order valence-electron chi connectivity index (χ4n) is 3.82. The number of esters is 2. The van der Waals surface area contributed by atoms with Crippen LogP contribution in [-0.4, -0.2) is 83.6 Å². The van der Waals surface area contributed by atoms with Gasteiger partial charge in [-0.05, 0) is 69.2 Å². The highest BCUT2D eigenvalue weighted by molar-refractivity contribution is 14.1. The van der Waals surface area contributed by atoms with E-state index in [0.717, 1.165) is 59.4 Å². The van der Waals surface area contributed by atoms with Crippen molar-refractivity contribution in [2.24, 2.45) is 0 Å². The lowest BCUT2D eigenvalue weighted by Crippen LogP contribution is -2.21. The molecule has 6 N–H and O–H groups in total. The molecule has 0 spiro atoms. The highest BCUT2D eigenvalue weighted by Gasteiger charge is 2.19. The first-order valence-corrected chi connectivity index (χ1v) is 14.9. The van der Waals surface area contributed by atoms with Crippen LogP contribution in [0.4, 0.5) is 23.5 Å². The van der Waals surface area contributed by atoms with Crippen LogP contribution in [-0.2, 0) is 28.5 Å². The molecule has 0 aliphatic carbocycles. The third-order valence-corrected chi connectivity index (χ3v) is 7.15. The molecule has 45 heavy (non-hydrogen) atoms. The summed E-state index contributed by atoms with van der Waals surface area (Å²) >= 11 is 2.22. The van der Waals surface area contributed by atoms with Crippen LogP contribution in [0, 0.1) is 17.4 Å². The lowest BCUT2D eigenvalue weighted by molar-refractivity contribution is -0.138. The van der Waals surface area contributed by atoms with Crippen LogP contribution in [0.3, 0.4) is 0 Å². The number of aromatic nitrogens is 4. The van der Waals surface area contributed by atoms with Gasteiger partial charge in [0.25, 0.3) is 0 Å². The maximum absolute atomic E-state index is 11.4. The highest BCUT2D eigenvalue weighted by Crippen LogP contribution is 2.23. The number of anilines is 4. The number of halogens is 2. The van der Waals surface area contributed by atoms with Gasteiger partial charge >= 0.3 is 11.9 Å². The van der Waals surface area contributed by atoms with Crippen molar-refractivity contribution >= 4 is 76.5 Å². The molecule has 2 atom stereocenters. The molecule has 2 aromatic rings. The molecular formula is C29H46ClIN8O6. The van der Waals surface area contributed by atoms with Crippen molar-refractivity contribution in [2.75, 3.05) is 61.7 Å². The van der Waals surface area contributed by atoms with Crippen LogP contribution in [0.5, 0.6) is 0 Å². The number of hydrogen-bond acceptors (Lipinski definition) is 14. The SMILES string of the molecule is C.C=CC(=O)OCC.CCOC(=O)/C=C/c1c(C)nc(N)nc1NC1CCOC1.Cc1nc(N)nc(NC2CCOC2)c1I.Cl. The van der Waals surface area contributed by atoms with Crippen LogP contribution in [0.15, 0.2) is 18.7 Å². The Hall–Kier alpha value is -3.28. The largest absolute Gasteiger partial charge is 0.463 e. The average molecular weight is 765 g/mol. The zero-order valence-corrected chi connectivity index (χ0v) is 28.4. The highest BCUT2D eigenvalue weighted by atomic mass is 127. The Labute approximate surface area is 285 Å². The molecule has 16 heteroatoms. The second-order valence-corrected chi connectivity index (χ2v) is 10.3. The van der Waals surface area contributed by atoms with E-state index in [0.29, 0.717) is 43.3 Å². The van der Waals surface area contributed by atoms with Crippen molar-refractivity contribution in [1.29, 1.82) is 0 Å². The third kappa shape index (κ3) is 15.0. The molecule has 0 radical (unpaired) electrons. The molecule has 0 amide bonds. The summed E-state index contributed by atoms with van der Waals surface area (Å²) in [5.74, 6) is 1.18. The summed E-state index contributed by atoms with van der Waals surface area (Å²) in [5.41, 5.74) is 13.6. The summed E-state index contributed by atoms with van der Waals surface area (Å²) in [7, 11) is 0. The van der Waals surface area contributed by atoms with Crippen molar-refractivity contribution in [3.63, 3.8) is 0 Å². The smallest absolute Gasteiger partial charge is 0.330 e. The molecule has 0 bridgehead atoms. The minimum absolute atomic E-state index is 0. The summed E-state index contributed by atoms with van der Waals surface area (Å²) in [5, 5.41) is 6.61. The van der Waals surface area contributed by atoms with Gasteiger partial charge in [-0.25, -0.2) is 19.6 Å². The van der Waals surface area contributed by atoms with Crippen molar-refractivity contribution in [3.05, 3.63) is 39.3 Å². The minimum Gasteiger partial charge on any atom is -0.463 e. The van der Waals surface area contributed by atoms with Gasteiger partial charge in [0.2, 0.25) is 11.9 Å². The van der Waals surface area contributed by atoms with Crippen LogP contribution in [0.1, 0.15) is 51.1 Å². The van der Waals surface area contributed by atoms with E-state index >= 15 is 0 Å². The first-order chi connectivity index (χ1) is 20.6. The second kappa shape index (κ2) is 22.3. The van der Waals surface area contributed by atoms with Crippen molar-refractivity contribution in [2.45, 2.75) is 60.0 Å².